The molecule has 0 saturated heterocycles. The molecule has 1 aromatic rings. The minimum absolute atomic E-state index is 0.152. The lowest BCUT2D eigenvalue weighted by atomic mass is 10.1. The van der Waals surface area contributed by atoms with Crippen molar-refractivity contribution in [2.75, 3.05) is 26.8 Å². The van der Waals surface area contributed by atoms with Crippen molar-refractivity contribution >= 4 is 21.8 Å². The van der Waals surface area contributed by atoms with Crippen LogP contribution in [0.1, 0.15) is 23.7 Å². The summed E-state index contributed by atoms with van der Waals surface area (Å²) >= 11 is 3.36. The Morgan fingerprint density at radius 1 is 1.32 bits per heavy atom. The van der Waals surface area contributed by atoms with Crippen LogP contribution in [0.2, 0.25) is 0 Å². The van der Waals surface area contributed by atoms with Gasteiger partial charge in [-0.05, 0) is 34.5 Å². The molecular formula is C15H16BrN3O3. The third-order valence-electron chi connectivity index (χ3n) is 2.74. The fraction of sp³-hybridized carbons (Fsp3) is 0.400. The van der Waals surface area contributed by atoms with Crippen molar-refractivity contribution in [3.63, 3.8) is 0 Å². The van der Waals surface area contributed by atoms with Crippen LogP contribution < -0.4 is 9.47 Å². The van der Waals surface area contributed by atoms with Gasteiger partial charge in [-0.2, -0.15) is 10.5 Å². The molecule has 0 unspecified atom stereocenters. The molecule has 116 valence electrons. The molecule has 0 aromatic heterocycles. The molecule has 0 aliphatic heterocycles. The van der Waals surface area contributed by atoms with Gasteiger partial charge in [0.05, 0.1) is 30.3 Å². The molecule has 0 N–H and O–H groups in total. The molecule has 22 heavy (non-hydrogen) atoms. The second kappa shape index (κ2) is 8.91. The third kappa shape index (κ3) is 4.37. The highest BCUT2D eigenvalue weighted by atomic mass is 79.9. The van der Waals surface area contributed by atoms with Crippen molar-refractivity contribution in [2.45, 2.75) is 13.3 Å². The molecule has 0 spiro atoms. The average molecular weight is 366 g/mol. The number of carbonyl (C=O) groups excluding carboxylic acids is 1. The lowest BCUT2D eigenvalue weighted by Gasteiger charge is -2.18. The number of nitriles is 2. The molecule has 0 radical (unpaired) electrons. The average Bonchev–Trinajstić information content (AvgIpc) is 2.52. The molecule has 0 atom stereocenters. The van der Waals surface area contributed by atoms with Gasteiger partial charge in [0, 0.05) is 5.56 Å². The minimum Gasteiger partial charge on any atom is -0.493 e. The van der Waals surface area contributed by atoms with Crippen molar-refractivity contribution in [1.82, 2.24) is 4.90 Å². The van der Waals surface area contributed by atoms with Crippen LogP contribution in [0.25, 0.3) is 0 Å². The van der Waals surface area contributed by atoms with Crippen molar-refractivity contribution in [1.29, 1.82) is 10.5 Å². The van der Waals surface area contributed by atoms with E-state index < -0.39 is 5.91 Å². The number of rotatable bonds is 7. The van der Waals surface area contributed by atoms with Gasteiger partial charge < -0.3 is 14.4 Å². The number of methoxy groups -OCH3 is 1. The Hall–Kier alpha value is -2.25. The standard InChI is InChI=1S/C15H16BrN3O3/c1-3-8-22-14-12(16)9-11(10-13(14)21-2)15(20)19(6-4-17)7-5-18/h9-10H,3,6-8H2,1-2H3. The Morgan fingerprint density at radius 2 is 1.95 bits per heavy atom. The second-order valence-electron chi connectivity index (χ2n) is 4.32. The SMILES string of the molecule is CCCOc1c(Br)cc(C(=O)N(CC#N)CC#N)cc1OC. The first kappa shape index (κ1) is 17.8. The largest absolute Gasteiger partial charge is 0.493 e. The monoisotopic (exact) mass is 365 g/mol. The summed E-state index contributed by atoms with van der Waals surface area (Å²) in [6.45, 7) is 2.21. The lowest BCUT2D eigenvalue weighted by Crippen LogP contribution is -2.31. The summed E-state index contributed by atoms with van der Waals surface area (Å²) in [5.41, 5.74) is 0.318. The Labute approximate surface area is 138 Å². The predicted octanol–water partition coefficient (Wildman–Crippen LogP) is 2.74. The van der Waals surface area contributed by atoms with Crippen LogP contribution in [0.5, 0.6) is 11.5 Å². The number of nitrogens with zero attached hydrogens (tertiary/aromatic N) is 3. The maximum atomic E-state index is 12.4. The van der Waals surface area contributed by atoms with Gasteiger partial charge in [-0.15, -0.1) is 0 Å². The van der Waals surface area contributed by atoms with Crippen LogP contribution in [0.4, 0.5) is 0 Å². The highest BCUT2D eigenvalue weighted by Crippen LogP contribution is 2.37. The zero-order chi connectivity index (χ0) is 16.5. The molecule has 0 heterocycles. The van der Waals surface area contributed by atoms with Gasteiger partial charge in [-0.25, -0.2) is 0 Å². The molecule has 1 rings (SSSR count). The number of hydrogen-bond acceptors (Lipinski definition) is 5. The third-order valence-corrected chi connectivity index (χ3v) is 3.33. The van der Waals surface area contributed by atoms with E-state index in [0.717, 1.165) is 11.3 Å². The first-order valence-electron chi connectivity index (χ1n) is 6.62. The molecule has 0 saturated carbocycles. The van der Waals surface area contributed by atoms with E-state index in [0.29, 0.717) is 28.1 Å². The van der Waals surface area contributed by atoms with E-state index in [1.165, 1.54) is 7.11 Å². The Morgan fingerprint density at radius 3 is 2.45 bits per heavy atom. The summed E-state index contributed by atoms with van der Waals surface area (Å²) in [6, 6.07) is 6.88. The van der Waals surface area contributed by atoms with Crippen LogP contribution in [-0.4, -0.2) is 37.6 Å². The van der Waals surface area contributed by atoms with Gasteiger partial charge in [-0.1, -0.05) is 6.92 Å². The van der Waals surface area contributed by atoms with Crippen molar-refractivity contribution in [2.24, 2.45) is 0 Å². The summed E-state index contributed by atoms with van der Waals surface area (Å²) in [6.07, 6.45) is 0.842. The number of ether oxygens (including phenoxy) is 2. The highest BCUT2D eigenvalue weighted by molar-refractivity contribution is 9.10. The van der Waals surface area contributed by atoms with Crippen molar-refractivity contribution in [3.05, 3.63) is 22.2 Å². The fourth-order valence-corrected chi connectivity index (χ4v) is 2.30. The van der Waals surface area contributed by atoms with E-state index in [2.05, 4.69) is 15.9 Å². The topological polar surface area (TPSA) is 86.4 Å². The first-order chi connectivity index (χ1) is 10.6. The molecule has 1 amide bonds. The van der Waals surface area contributed by atoms with Crippen LogP contribution in [0, 0.1) is 22.7 Å². The number of hydrogen-bond donors (Lipinski definition) is 0. The van der Waals surface area contributed by atoms with Crippen LogP contribution in [0.3, 0.4) is 0 Å². The normalized spacial score (nSPS) is 9.50. The van der Waals surface area contributed by atoms with Gasteiger partial charge in [-0.3, -0.25) is 4.79 Å². The maximum absolute atomic E-state index is 12.4. The Kier molecular flexibility index (Phi) is 7.21. The van der Waals surface area contributed by atoms with Gasteiger partial charge >= 0.3 is 0 Å². The Bertz CT molecular complexity index is 604. The maximum Gasteiger partial charge on any atom is 0.255 e. The smallest absolute Gasteiger partial charge is 0.255 e. The molecule has 0 bridgehead atoms. The lowest BCUT2D eigenvalue weighted by molar-refractivity contribution is 0.0794. The molecule has 7 heteroatoms. The number of halogens is 1. The number of carbonyl (C=O) groups is 1. The second-order valence-corrected chi connectivity index (χ2v) is 5.17. The molecule has 1 aromatic carbocycles. The van der Waals surface area contributed by atoms with Gasteiger partial charge in [0.1, 0.15) is 13.1 Å². The fourth-order valence-electron chi connectivity index (χ4n) is 1.74. The van der Waals surface area contributed by atoms with E-state index >= 15 is 0 Å². The van der Waals surface area contributed by atoms with Crippen molar-refractivity contribution in [3.8, 4) is 23.6 Å². The van der Waals surface area contributed by atoms with Crippen LogP contribution in [-0.2, 0) is 0 Å². The molecule has 0 fully saturated rings. The number of benzene rings is 1. The summed E-state index contributed by atoms with van der Waals surface area (Å²) in [7, 11) is 1.48. The van der Waals surface area contributed by atoms with Gasteiger partial charge in [0.25, 0.3) is 5.91 Å². The van der Waals surface area contributed by atoms with Crippen molar-refractivity contribution < 1.29 is 14.3 Å². The molecule has 0 aliphatic carbocycles. The summed E-state index contributed by atoms with van der Waals surface area (Å²) in [4.78, 5) is 13.5. The van der Waals surface area contributed by atoms with Crippen LogP contribution >= 0.6 is 15.9 Å². The highest BCUT2D eigenvalue weighted by Gasteiger charge is 2.20. The summed E-state index contributed by atoms with van der Waals surface area (Å²) in [5.74, 6) is 0.525. The summed E-state index contributed by atoms with van der Waals surface area (Å²) < 4.78 is 11.4. The quantitative estimate of drug-likeness (QED) is 0.693. The van der Waals surface area contributed by atoms with Gasteiger partial charge in [0.15, 0.2) is 11.5 Å². The molecular weight excluding hydrogens is 350 g/mol. The number of amides is 1. The zero-order valence-corrected chi connectivity index (χ0v) is 14.0. The first-order valence-corrected chi connectivity index (χ1v) is 7.41. The molecule has 6 nitrogen and oxygen atoms in total. The molecule has 0 aliphatic rings. The minimum atomic E-state index is -0.413. The zero-order valence-electron chi connectivity index (χ0n) is 12.4. The Balaban J connectivity index is 3.15. The van der Waals surface area contributed by atoms with Crippen LogP contribution in [0.15, 0.2) is 16.6 Å². The van der Waals surface area contributed by atoms with E-state index in [1.807, 2.05) is 19.1 Å². The summed E-state index contributed by atoms with van der Waals surface area (Å²) in [5, 5.41) is 17.5. The predicted molar refractivity (Wildman–Crippen MR) is 83.6 cm³/mol. The van der Waals surface area contributed by atoms with Gasteiger partial charge in [0.2, 0.25) is 0 Å². The van der Waals surface area contributed by atoms with E-state index in [-0.39, 0.29) is 13.1 Å². The van der Waals surface area contributed by atoms with E-state index in [4.69, 9.17) is 20.0 Å². The van der Waals surface area contributed by atoms with E-state index in [1.54, 1.807) is 12.1 Å². The van der Waals surface area contributed by atoms with E-state index in [9.17, 15) is 4.79 Å².